The average Bonchev–Trinajstić information content (AvgIpc) is 2.64. The Hall–Kier alpha value is -1.13. The highest BCUT2D eigenvalue weighted by atomic mass is 35.5. The van der Waals surface area contributed by atoms with Crippen LogP contribution in [0.25, 0.3) is 11.4 Å². The molecule has 0 radical (unpaired) electrons. The van der Waals surface area contributed by atoms with Crippen molar-refractivity contribution in [3.63, 3.8) is 0 Å². The zero-order valence-electron chi connectivity index (χ0n) is 8.32. The molecule has 0 spiro atoms. The molecule has 1 aromatic heterocycles. The second kappa shape index (κ2) is 4.16. The maximum Gasteiger partial charge on any atom is 0.203 e. The average molecular weight is 241 g/mol. The van der Waals surface area contributed by atoms with Crippen LogP contribution in [0.5, 0.6) is 5.75 Å². The van der Waals surface area contributed by atoms with E-state index in [1.54, 1.807) is 7.11 Å². The summed E-state index contributed by atoms with van der Waals surface area (Å²) in [6.07, 6.45) is 0. The summed E-state index contributed by atoms with van der Waals surface area (Å²) in [5, 5.41) is 0. The molecule has 0 atom stereocenters. The summed E-state index contributed by atoms with van der Waals surface area (Å²) >= 11 is 6.91. The molecule has 0 aliphatic heterocycles. The van der Waals surface area contributed by atoms with Gasteiger partial charge in [0.25, 0.3) is 0 Å². The second-order valence-electron chi connectivity index (χ2n) is 3.07. The van der Waals surface area contributed by atoms with E-state index in [2.05, 4.69) is 9.36 Å². The molecule has 0 unspecified atom stereocenters. The number of aromatic nitrogens is 2. The van der Waals surface area contributed by atoms with Crippen molar-refractivity contribution in [2.45, 2.75) is 6.92 Å². The number of halogens is 1. The highest BCUT2D eigenvalue weighted by molar-refractivity contribution is 7.10. The summed E-state index contributed by atoms with van der Waals surface area (Å²) in [5.74, 6) is 1.38. The van der Waals surface area contributed by atoms with E-state index in [4.69, 9.17) is 16.3 Å². The molecule has 1 aromatic carbocycles. The quantitative estimate of drug-likeness (QED) is 0.809. The maximum atomic E-state index is 5.74. The molecule has 0 bridgehead atoms. The van der Waals surface area contributed by atoms with Gasteiger partial charge in [0, 0.05) is 0 Å². The monoisotopic (exact) mass is 240 g/mol. The fourth-order valence-electron chi connectivity index (χ4n) is 1.30. The third kappa shape index (κ3) is 2.11. The van der Waals surface area contributed by atoms with E-state index in [9.17, 15) is 0 Å². The first-order chi connectivity index (χ1) is 7.20. The summed E-state index contributed by atoms with van der Waals surface area (Å²) in [7, 11) is 1.63. The number of hydrogen-bond acceptors (Lipinski definition) is 4. The SMILES string of the molecule is COc1cc(C)ccc1-c1nsc(Cl)n1. The van der Waals surface area contributed by atoms with Gasteiger partial charge >= 0.3 is 0 Å². The molecule has 0 amide bonds. The minimum atomic E-state index is 0.438. The summed E-state index contributed by atoms with van der Waals surface area (Å²) in [4.78, 5) is 4.11. The van der Waals surface area contributed by atoms with Crippen molar-refractivity contribution in [1.82, 2.24) is 9.36 Å². The molecular weight excluding hydrogens is 232 g/mol. The topological polar surface area (TPSA) is 35.0 Å². The maximum absolute atomic E-state index is 5.74. The summed E-state index contributed by atoms with van der Waals surface area (Å²) in [6, 6.07) is 5.88. The van der Waals surface area contributed by atoms with Gasteiger partial charge in [0.15, 0.2) is 5.82 Å². The molecule has 2 aromatic rings. The number of hydrogen-bond donors (Lipinski definition) is 0. The molecular formula is C10H9ClN2OS. The Labute approximate surface area is 96.9 Å². The molecule has 1 heterocycles. The highest BCUT2D eigenvalue weighted by Gasteiger charge is 2.10. The Morgan fingerprint density at radius 1 is 1.40 bits per heavy atom. The van der Waals surface area contributed by atoms with E-state index < -0.39 is 0 Å². The van der Waals surface area contributed by atoms with E-state index >= 15 is 0 Å². The smallest absolute Gasteiger partial charge is 0.203 e. The van der Waals surface area contributed by atoms with E-state index in [0.717, 1.165) is 16.9 Å². The standard InChI is InChI=1S/C10H9ClN2OS/c1-6-3-4-7(8(5-6)14-2)9-12-10(11)15-13-9/h3-5H,1-2H3. The van der Waals surface area contributed by atoms with Gasteiger partial charge in [0.1, 0.15) is 5.75 Å². The lowest BCUT2D eigenvalue weighted by Crippen LogP contribution is -1.90. The van der Waals surface area contributed by atoms with Crippen LogP contribution in [0.15, 0.2) is 18.2 Å². The fourth-order valence-corrected chi connectivity index (χ4v) is 1.91. The second-order valence-corrected chi connectivity index (χ2v) is 4.41. The Morgan fingerprint density at radius 2 is 2.20 bits per heavy atom. The first-order valence-corrected chi connectivity index (χ1v) is 5.50. The molecule has 0 aliphatic carbocycles. The van der Waals surface area contributed by atoms with E-state index in [1.807, 2.05) is 25.1 Å². The van der Waals surface area contributed by atoms with Crippen LogP contribution in [0.3, 0.4) is 0 Å². The third-order valence-electron chi connectivity index (χ3n) is 2.00. The molecule has 0 fully saturated rings. The van der Waals surface area contributed by atoms with Crippen LogP contribution in [0.4, 0.5) is 0 Å². The first kappa shape index (κ1) is 10.4. The number of aryl methyl sites for hydroxylation is 1. The van der Waals surface area contributed by atoms with Crippen molar-refractivity contribution < 1.29 is 4.74 Å². The van der Waals surface area contributed by atoms with Gasteiger partial charge in [-0.1, -0.05) is 6.07 Å². The molecule has 15 heavy (non-hydrogen) atoms. The summed E-state index contributed by atoms with van der Waals surface area (Å²) < 4.78 is 9.85. The highest BCUT2D eigenvalue weighted by Crippen LogP contribution is 2.30. The van der Waals surface area contributed by atoms with Gasteiger partial charge in [-0.05, 0) is 47.8 Å². The van der Waals surface area contributed by atoms with Gasteiger partial charge in [0.05, 0.1) is 12.7 Å². The minimum Gasteiger partial charge on any atom is -0.496 e. The lowest BCUT2D eigenvalue weighted by molar-refractivity contribution is 0.416. The van der Waals surface area contributed by atoms with Crippen LogP contribution in [0, 0.1) is 6.92 Å². The van der Waals surface area contributed by atoms with Crippen LogP contribution in [0.2, 0.25) is 4.47 Å². The molecule has 3 nitrogen and oxygen atoms in total. The van der Waals surface area contributed by atoms with E-state index in [-0.39, 0.29) is 0 Å². The van der Waals surface area contributed by atoms with E-state index in [1.165, 1.54) is 11.5 Å². The number of rotatable bonds is 2. The minimum absolute atomic E-state index is 0.438. The Morgan fingerprint density at radius 3 is 2.80 bits per heavy atom. The molecule has 0 saturated carbocycles. The van der Waals surface area contributed by atoms with E-state index in [0.29, 0.717) is 10.3 Å². The van der Waals surface area contributed by atoms with Crippen molar-refractivity contribution in [3.8, 4) is 17.1 Å². The predicted octanol–water partition coefficient (Wildman–Crippen LogP) is 3.18. The van der Waals surface area contributed by atoms with Gasteiger partial charge in [-0.2, -0.15) is 4.37 Å². The van der Waals surface area contributed by atoms with Crippen LogP contribution >= 0.6 is 23.1 Å². The van der Waals surface area contributed by atoms with Crippen LogP contribution in [0.1, 0.15) is 5.56 Å². The summed E-state index contributed by atoms with van der Waals surface area (Å²) in [5.41, 5.74) is 2.00. The van der Waals surface area contributed by atoms with Crippen molar-refractivity contribution in [1.29, 1.82) is 0 Å². The van der Waals surface area contributed by atoms with Crippen molar-refractivity contribution in [2.24, 2.45) is 0 Å². The fraction of sp³-hybridized carbons (Fsp3) is 0.200. The first-order valence-electron chi connectivity index (χ1n) is 4.35. The predicted molar refractivity (Wildman–Crippen MR) is 61.6 cm³/mol. The zero-order chi connectivity index (χ0) is 10.8. The third-order valence-corrected chi connectivity index (χ3v) is 2.80. The Kier molecular flexibility index (Phi) is 2.88. The number of ether oxygens (including phenoxy) is 1. The van der Waals surface area contributed by atoms with Gasteiger partial charge in [-0.25, -0.2) is 4.98 Å². The molecule has 5 heteroatoms. The van der Waals surface area contributed by atoms with Crippen molar-refractivity contribution >= 4 is 23.1 Å². The summed E-state index contributed by atoms with van der Waals surface area (Å²) in [6.45, 7) is 2.01. The Bertz CT molecular complexity index is 484. The van der Waals surface area contributed by atoms with Gasteiger partial charge in [-0.3, -0.25) is 0 Å². The van der Waals surface area contributed by atoms with Gasteiger partial charge < -0.3 is 4.74 Å². The lowest BCUT2D eigenvalue weighted by Gasteiger charge is -2.05. The normalized spacial score (nSPS) is 10.3. The van der Waals surface area contributed by atoms with Gasteiger partial charge in [-0.15, -0.1) is 0 Å². The number of methoxy groups -OCH3 is 1. The van der Waals surface area contributed by atoms with Crippen LogP contribution in [-0.4, -0.2) is 16.5 Å². The molecule has 0 saturated heterocycles. The number of benzene rings is 1. The molecule has 78 valence electrons. The van der Waals surface area contributed by atoms with Crippen molar-refractivity contribution in [2.75, 3.05) is 7.11 Å². The van der Waals surface area contributed by atoms with Crippen LogP contribution in [-0.2, 0) is 0 Å². The lowest BCUT2D eigenvalue weighted by atomic mass is 10.1. The zero-order valence-corrected chi connectivity index (χ0v) is 9.89. The number of nitrogens with zero attached hydrogens (tertiary/aromatic N) is 2. The molecule has 0 aliphatic rings. The molecule has 2 rings (SSSR count). The van der Waals surface area contributed by atoms with Crippen LogP contribution < -0.4 is 4.74 Å². The largest absolute Gasteiger partial charge is 0.496 e. The molecule has 0 N–H and O–H groups in total. The van der Waals surface area contributed by atoms with Gasteiger partial charge in [0.2, 0.25) is 4.47 Å². The Balaban J connectivity index is 2.52. The van der Waals surface area contributed by atoms with Crippen molar-refractivity contribution in [3.05, 3.63) is 28.2 Å².